The fourth-order valence-corrected chi connectivity index (χ4v) is 2.92. The van der Waals surface area contributed by atoms with Crippen LogP contribution in [0.3, 0.4) is 0 Å². The molecular formula is C30H36N6O5. The second-order valence-corrected chi connectivity index (χ2v) is 7.78. The van der Waals surface area contributed by atoms with Crippen LogP contribution in [0.25, 0.3) is 0 Å². The number of hydrogen-bond donors (Lipinski definition) is 4. The van der Waals surface area contributed by atoms with E-state index in [0.717, 1.165) is 11.4 Å². The standard InChI is InChI=1S/C13H11N3O3.C13H13N3O2.2C2H6/c1-9-2-5-11(8-14-9)15-13(17)10-3-6-12(7-4-10)16(18)19;1-9-2-5-12(8-14-9)15-13(17)10-3-6-11(16-18)7-4-10;2*1-2/h2-8H,1H3,(H,15,17);2-8,16,18H,1H3,(H,15,17);2*1-2H3. The Kier molecular flexibility index (Phi) is 15.0. The molecule has 4 N–H and O–H groups in total. The van der Waals surface area contributed by atoms with E-state index in [1.54, 1.807) is 54.9 Å². The van der Waals surface area contributed by atoms with E-state index in [4.69, 9.17) is 5.21 Å². The quantitative estimate of drug-likeness (QED) is 0.144. The van der Waals surface area contributed by atoms with E-state index in [1.807, 2.05) is 53.1 Å². The lowest BCUT2D eigenvalue weighted by molar-refractivity contribution is -0.384. The van der Waals surface area contributed by atoms with Gasteiger partial charge in [0.15, 0.2) is 0 Å². The van der Waals surface area contributed by atoms with Gasteiger partial charge in [0, 0.05) is 34.6 Å². The number of hydrogen-bond acceptors (Lipinski definition) is 8. The van der Waals surface area contributed by atoms with E-state index in [2.05, 4.69) is 20.6 Å². The van der Waals surface area contributed by atoms with Gasteiger partial charge in [0.25, 0.3) is 17.5 Å². The van der Waals surface area contributed by atoms with Gasteiger partial charge in [0.1, 0.15) is 0 Å². The maximum absolute atomic E-state index is 11.9. The third-order valence-corrected chi connectivity index (χ3v) is 4.95. The number of rotatable bonds is 6. The van der Waals surface area contributed by atoms with E-state index in [1.165, 1.54) is 24.3 Å². The number of nitro groups is 1. The fraction of sp³-hybridized carbons (Fsp3) is 0.200. The Bertz CT molecular complexity index is 1360. The monoisotopic (exact) mass is 560 g/mol. The average Bonchev–Trinajstić information content (AvgIpc) is 3.02. The van der Waals surface area contributed by atoms with E-state index in [9.17, 15) is 19.7 Å². The van der Waals surface area contributed by atoms with Crippen molar-refractivity contribution in [2.45, 2.75) is 41.5 Å². The molecule has 0 aliphatic heterocycles. The molecule has 0 aliphatic carbocycles. The maximum Gasteiger partial charge on any atom is 0.269 e. The highest BCUT2D eigenvalue weighted by atomic mass is 16.6. The van der Waals surface area contributed by atoms with Crippen LogP contribution in [0.4, 0.5) is 22.7 Å². The zero-order valence-electron chi connectivity index (χ0n) is 24.0. The van der Waals surface area contributed by atoms with Crippen molar-refractivity contribution in [3.05, 3.63) is 118 Å². The first kappa shape index (κ1) is 33.9. The Balaban J connectivity index is 0.000000366. The highest BCUT2D eigenvalue weighted by Gasteiger charge is 2.10. The summed E-state index contributed by atoms with van der Waals surface area (Å²) >= 11 is 0. The molecule has 216 valence electrons. The minimum absolute atomic E-state index is 0.0476. The van der Waals surface area contributed by atoms with Gasteiger partial charge in [0.2, 0.25) is 0 Å². The van der Waals surface area contributed by atoms with Crippen molar-refractivity contribution in [2.75, 3.05) is 16.1 Å². The Morgan fingerprint density at radius 1 is 0.659 bits per heavy atom. The number of anilines is 3. The number of pyridine rings is 2. The molecule has 0 radical (unpaired) electrons. The number of nitro benzene ring substituents is 1. The minimum Gasteiger partial charge on any atom is -0.321 e. The van der Waals surface area contributed by atoms with E-state index < -0.39 is 4.92 Å². The maximum atomic E-state index is 11.9. The molecule has 0 bridgehead atoms. The molecule has 0 unspecified atom stereocenters. The smallest absolute Gasteiger partial charge is 0.269 e. The molecule has 2 amide bonds. The number of nitrogens with one attached hydrogen (secondary N) is 3. The van der Waals surface area contributed by atoms with Crippen LogP contribution in [0.5, 0.6) is 0 Å². The van der Waals surface area contributed by atoms with Crippen molar-refractivity contribution in [2.24, 2.45) is 0 Å². The summed E-state index contributed by atoms with van der Waals surface area (Å²) in [4.78, 5) is 41.9. The first-order valence-electron chi connectivity index (χ1n) is 13.0. The van der Waals surface area contributed by atoms with Crippen LogP contribution in [-0.4, -0.2) is 31.9 Å². The van der Waals surface area contributed by atoms with Gasteiger partial charge in [-0.15, -0.1) is 0 Å². The molecule has 11 nitrogen and oxygen atoms in total. The van der Waals surface area contributed by atoms with Crippen LogP contribution in [0.15, 0.2) is 85.2 Å². The topological polar surface area (TPSA) is 159 Å². The molecule has 2 heterocycles. The van der Waals surface area contributed by atoms with Crippen molar-refractivity contribution in [3.8, 4) is 0 Å². The molecule has 0 atom stereocenters. The molecule has 41 heavy (non-hydrogen) atoms. The number of nitrogens with zero attached hydrogens (tertiary/aromatic N) is 3. The van der Waals surface area contributed by atoms with Crippen molar-refractivity contribution >= 4 is 34.6 Å². The van der Waals surface area contributed by atoms with Gasteiger partial charge >= 0.3 is 0 Å². The molecule has 0 saturated carbocycles. The summed E-state index contributed by atoms with van der Waals surface area (Å²) in [6.07, 6.45) is 3.16. The molecule has 0 spiro atoms. The summed E-state index contributed by atoms with van der Waals surface area (Å²) in [5.41, 5.74) is 6.33. The highest BCUT2D eigenvalue weighted by Crippen LogP contribution is 2.14. The van der Waals surface area contributed by atoms with Gasteiger partial charge in [0.05, 0.1) is 34.4 Å². The summed E-state index contributed by atoms with van der Waals surface area (Å²) < 4.78 is 0. The Hall–Kier alpha value is -5.16. The lowest BCUT2D eigenvalue weighted by Gasteiger charge is -2.05. The molecule has 0 aliphatic rings. The van der Waals surface area contributed by atoms with Crippen LogP contribution < -0.4 is 16.1 Å². The molecule has 4 rings (SSSR count). The molecule has 11 heteroatoms. The van der Waals surface area contributed by atoms with Gasteiger partial charge in [-0.2, -0.15) is 0 Å². The zero-order chi connectivity index (χ0) is 30.8. The Morgan fingerprint density at radius 2 is 1.02 bits per heavy atom. The molecule has 4 aromatic rings. The molecule has 2 aromatic carbocycles. The summed E-state index contributed by atoms with van der Waals surface area (Å²) in [6.45, 7) is 11.7. The van der Waals surface area contributed by atoms with Crippen molar-refractivity contribution < 1.29 is 19.7 Å². The second kappa shape index (κ2) is 18.2. The number of aromatic nitrogens is 2. The summed E-state index contributed by atoms with van der Waals surface area (Å²) in [5, 5.41) is 24.6. The number of aryl methyl sites for hydroxylation is 2. The van der Waals surface area contributed by atoms with Gasteiger partial charge in [-0.1, -0.05) is 27.7 Å². The van der Waals surface area contributed by atoms with Gasteiger partial charge in [-0.25, -0.2) is 0 Å². The van der Waals surface area contributed by atoms with E-state index in [-0.39, 0.29) is 17.5 Å². The molecule has 2 aromatic heterocycles. The van der Waals surface area contributed by atoms with Gasteiger partial charge < -0.3 is 10.6 Å². The molecule has 0 saturated heterocycles. The van der Waals surface area contributed by atoms with E-state index >= 15 is 0 Å². The highest BCUT2D eigenvalue weighted by molar-refractivity contribution is 6.04. The summed E-state index contributed by atoms with van der Waals surface area (Å²) in [6, 6.07) is 19.0. The van der Waals surface area contributed by atoms with Gasteiger partial charge in [-0.05, 0) is 74.5 Å². The third-order valence-electron chi connectivity index (χ3n) is 4.95. The van der Waals surface area contributed by atoms with E-state index in [0.29, 0.717) is 28.2 Å². The van der Waals surface area contributed by atoms with Crippen LogP contribution in [-0.2, 0) is 0 Å². The SMILES string of the molecule is CC.CC.Cc1ccc(NC(=O)c2ccc(NO)cc2)cn1.Cc1ccc(NC(=O)c2ccc([N+](=O)[O-])cc2)cn1. The Labute approximate surface area is 239 Å². The fourth-order valence-electron chi connectivity index (χ4n) is 2.92. The molecular weight excluding hydrogens is 524 g/mol. The summed E-state index contributed by atoms with van der Waals surface area (Å²) in [5.74, 6) is -0.550. The minimum atomic E-state index is -0.508. The second-order valence-electron chi connectivity index (χ2n) is 7.78. The van der Waals surface area contributed by atoms with Gasteiger partial charge in [-0.3, -0.25) is 40.4 Å². The lowest BCUT2D eigenvalue weighted by atomic mass is 10.2. The number of benzene rings is 2. The normalized spacial score (nSPS) is 9.24. The van der Waals surface area contributed by atoms with Crippen molar-refractivity contribution in [1.29, 1.82) is 0 Å². The van der Waals surface area contributed by atoms with Crippen molar-refractivity contribution in [3.63, 3.8) is 0 Å². The zero-order valence-corrected chi connectivity index (χ0v) is 24.0. The third kappa shape index (κ3) is 11.6. The number of carbonyl (C=O) groups excluding carboxylic acids is 2. The predicted octanol–water partition coefficient (Wildman–Crippen LogP) is 7.05. The van der Waals surface area contributed by atoms with Crippen LogP contribution in [0.1, 0.15) is 59.8 Å². The average molecular weight is 561 g/mol. The van der Waals surface area contributed by atoms with Crippen LogP contribution in [0, 0.1) is 24.0 Å². The Morgan fingerprint density at radius 3 is 1.34 bits per heavy atom. The number of amides is 2. The first-order chi connectivity index (χ1) is 19.7. The molecule has 0 fully saturated rings. The predicted molar refractivity (Wildman–Crippen MR) is 161 cm³/mol. The van der Waals surface area contributed by atoms with Crippen molar-refractivity contribution in [1.82, 2.24) is 9.97 Å². The summed E-state index contributed by atoms with van der Waals surface area (Å²) in [7, 11) is 0. The lowest BCUT2D eigenvalue weighted by Crippen LogP contribution is -2.12. The van der Waals surface area contributed by atoms with Crippen LogP contribution >= 0.6 is 0 Å². The largest absolute Gasteiger partial charge is 0.321 e. The number of carbonyl (C=O) groups is 2. The first-order valence-corrected chi connectivity index (χ1v) is 13.0. The number of non-ortho nitro benzene ring substituents is 1. The van der Waals surface area contributed by atoms with Crippen LogP contribution in [0.2, 0.25) is 0 Å².